The van der Waals surface area contributed by atoms with Crippen LogP contribution < -0.4 is 10.6 Å². The number of aryl methyl sites for hydroxylation is 1. The minimum absolute atomic E-state index is 0.190. The second-order valence-corrected chi connectivity index (χ2v) is 3.99. The second kappa shape index (κ2) is 3.07. The molecular weight excluding hydrogens is 204 g/mol. The predicted molar refractivity (Wildman–Crippen MR) is 60.1 cm³/mol. The van der Waals surface area contributed by atoms with Gasteiger partial charge in [0.15, 0.2) is 11.7 Å². The van der Waals surface area contributed by atoms with E-state index in [4.69, 9.17) is 4.42 Å². The summed E-state index contributed by atoms with van der Waals surface area (Å²) in [5, 5.41) is 1.91. The number of aromatic amines is 1. The van der Waals surface area contributed by atoms with Crippen molar-refractivity contribution in [3.05, 3.63) is 16.5 Å². The standard InChI is InChI=1S/C12H12N2O2/c1-3-7-9(15)5-4-8-10(7)14-12-11(8)13-6(2)16-12/h4,14H,3,5H2,1-2H3. The highest BCUT2D eigenvalue weighted by Crippen LogP contribution is 2.12. The highest BCUT2D eigenvalue weighted by molar-refractivity contribution is 6.17. The molecule has 16 heavy (non-hydrogen) atoms. The number of hydrogen-bond acceptors (Lipinski definition) is 3. The van der Waals surface area contributed by atoms with Crippen molar-refractivity contribution in [2.75, 3.05) is 0 Å². The van der Waals surface area contributed by atoms with Crippen molar-refractivity contribution in [1.29, 1.82) is 0 Å². The molecule has 0 aromatic carbocycles. The molecule has 0 amide bonds. The Hall–Kier alpha value is -1.84. The van der Waals surface area contributed by atoms with Crippen LogP contribution in [0.1, 0.15) is 25.7 Å². The van der Waals surface area contributed by atoms with Crippen LogP contribution in [0.2, 0.25) is 0 Å². The van der Waals surface area contributed by atoms with Crippen LogP contribution in [-0.4, -0.2) is 15.8 Å². The second-order valence-electron chi connectivity index (χ2n) is 3.99. The van der Waals surface area contributed by atoms with Crippen molar-refractivity contribution in [2.45, 2.75) is 26.7 Å². The summed E-state index contributed by atoms with van der Waals surface area (Å²) in [7, 11) is 0. The van der Waals surface area contributed by atoms with Crippen LogP contribution in [-0.2, 0) is 4.79 Å². The van der Waals surface area contributed by atoms with Crippen molar-refractivity contribution in [2.24, 2.45) is 0 Å². The van der Waals surface area contributed by atoms with Crippen LogP contribution >= 0.6 is 0 Å². The molecule has 2 heterocycles. The first-order chi connectivity index (χ1) is 7.70. The first kappa shape index (κ1) is 9.39. The lowest BCUT2D eigenvalue weighted by atomic mass is 10.0. The lowest BCUT2D eigenvalue weighted by Gasteiger charge is -2.03. The minimum Gasteiger partial charge on any atom is -0.425 e. The number of ketones is 1. The third-order valence-electron chi connectivity index (χ3n) is 2.98. The summed E-state index contributed by atoms with van der Waals surface area (Å²) in [4.78, 5) is 19.2. The largest absolute Gasteiger partial charge is 0.425 e. The fourth-order valence-corrected chi connectivity index (χ4v) is 2.26. The Morgan fingerprint density at radius 3 is 3.12 bits per heavy atom. The van der Waals surface area contributed by atoms with Crippen LogP contribution in [0.3, 0.4) is 0 Å². The summed E-state index contributed by atoms with van der Waals surface area (Å²) in [6.45, 7) is 3.81. The van der Waals surface area contributed by atoms with Gasteiger partial charge in [-0.1, -0.05) is 13.0 Å². The van der Waals surface area contributed by atoms with Gasteiger partial charge in [0.05, 0.1) is 5.35 Å². The average molecular weight is 216 g/mol. The zero-order valence-electron chi connectivity index (χ0n) is 9.26. The molecule has 0 radical (unpaired) electrons. The Morgan fingerprint density at radius 2 is 2.38 bits per heavy atom. The van der Waals surface area contributed by atoms with Crippen LogP contribution in [0.15, 0.2) is 4.42 Å². The molecule has 0 saturated carbocycles. The zero-order chi connectivity index (χ0) is 11.3. The van der Waals surface area contributed by atoms with E-state index in [-0.39, 0.29) is 5.78 Å². The molecule has 4 heteroatoms. The van der Waals surface area contributed by atoms with Gasteiger partial charge < -0.3 is 9.40 Å². The van der Waals surface area contributed by atoms with E-state index in [1.165, 1.54) is 0 Å². The summed E-state index contributed by atoms with van der Waals surface area (Å²) in [5.74, 6) is 0.836. The first-order valence-corrected chi connectivity index (χ1v) is 5.42. The number of H-pyrrole nitrogens is 1. The van der Waals surface area contributed by atoms with Crippen molar-refractivity contribution in [3.8, 4) is 0 Å². The summed E-state index contributed by atoms with van der Waals surface area (Å²) in [5.41, 5.74) is 2.36. The Balaban J connectivity index is 2.52. The topological polar surface area (TPSA) is 58.9 Å². The molecule has 0 aliphatic heterocycles. The number of hydrogen-bond donors (Lipinski definition) is 1. The molecule has 1 aliphatic rings. The van der Waals surface area contributed by atoms with Crippen LogP contribution in [0, 0.1) is 6.92 Å². The number of fused-ring (bicyclic) bond motifs is 3. The van der Waals surface area contributed by atoms with Gasteiger partial charge in [0.2, 0.25) is 5.71 Å². The Labute approximate surface area is 91.7 Å². The van der Waals surface area contributed by atoms with Gasteiger partial charge >= 0.3 is 0 Å². The highest BCUT2D eigenvalue weighted by atomic mass is 16.4. The van der Waals surface area contributed by atoms with Crippen molar-refractivity contribution in [3.63, 3.8) is 0 Å². The molecule has 1 N–H and O–H groups in total. The summed E-state index contributed by atoms with van der Waals surface area (Å²) >= 11 is 0. The van der Waals surface area contributed by atoms with Crippen molar-refractivity contribution in [1.82, 2.24) is 9.97 Å². The van der Waals surface area contributed by atoms with E-state index in [1.54, 1.807) is 0 Å². The Kier molecular flexibility index (Phi) is 1.80. The molecule has 1 aliphatic carbocycles. The van der Waals surface area contributed by atoms with E-state index in [1.807, 2.05) is 19.9 Å². The molecule has 3 rings (SSSR count). The minimum atomic E-state index is 0.190. The van der Waals surface area contributed by atoms with Gasteiger partial charge in [-0.25, -0.2) is 4.98 Å². The predicted octanol–water partition coefficient (Wildman–Crippen LogP) is 0.778. The van der Waals surface area contributed by atoms with E-state index >= 15 is 0 Å². The molecule has 0 spiro atoms. The van der Waals surface area contributed by atoms with Gasteiger partial charge in [0, 0.05) is 24.1 Å². The number of carbonyl (C=O) groups excluding carboxylic acids is 1. The van der Waals surface area contributed by atoms with Crippen LogP contribution in [0.25, 0.3) is 22.9 Å². The average Bonchev–Trinajstić information content (AvgIpc) is 2.73. The molecule has 0 bridgehead atoms. The maximum absolute atomic E-state index is 11.7. The Bertz CT molecular complexity index is 703. The molecule has 2 aromatic rings. The maximum atomic E-state index is 11.7. The van der Waals surface area contributed by atoms with E-state index < -0.39 is 0 Å². The van der Waals surface area contributed by atoms with Crippen molar-refractivity contribution >= 4 is 28.7 Å². The molecule has 0 unspecified atom stereocenters. The molecule has 0 atom stereocenters. The SMILES string of the molecule is CCC1=c2[nH]c3oc(C)nc3c2=CCC1=O. The van der Waals surface area contributed by atoms with Gasteiger partial charge in [0.25, 0.3) is 0 Å². The number of aromatic nitrogens is 2. The molecular formula is C12H12N2O2. The molecule has 0 fully saturated rings. The van der Waals surface area contributed by atoms with Crippen LogP contribution in [0.4, 0.5) is 0 Å². The lowest BCUT2D eigenvalue weighted by molar-refractivity contribution is -0.113. The zero-order valence-corrected chi connectivity index (χ0v) is 9.26. The van der Waals surface area contributed by atoms with Gasteiger partial charge in [-0.15, -0.1) is 0 Å². The maximum Gasteiger partial charge on any atom is 0.226 e. The fraction of sp³-hybridized carbons (Fsp3) is 0.333. The summed E-state index contributed by atoms with van der Waals surface area (Å²) in [6, 6.07) is 0. The van der Waals surface area contributed by atoms with Gasteiger partial charge in [0.1, 0.15) is 5.52 Å². The summed E-state index contributed by atoms with van der Waals surface area (Å²) < 4.78 is 5.44. The van der Waals surface area contributed by atoms with Gasteiger partial charge in [-0.3, -0.25) is 4.79 Å². The normalized spacial score (nSPS) is 15.4. The number of Topliss-reactive ketones (excluding diaryl/α,β-unsaturated/α-hetero) is 1. The van der Waals surface area contributed by atoms with Crippen LogP contribution in [0.5, 0.6) is 0 Å². The number of carbonyl (C=O) groups is 1. The highest BCUT2D eigenvalue weighted by Gasteiger charge is 2.17. The van der Waals surface area contributed by atoms with E-state index in [0.717, 1.165) is 28.1 Å². The molecule has 2 aromatic heterocycles. The number of rotatable bonds is 1. The number of nitrogens with one attached hydrogen (secondary N) is 1. The van der Waals surface area contributed by atoms with E-state index in [9.17, 15) is 4.79 Å². The van der Waals surface area contributed by atoms with Gasteiger partial charge in [-0.2, -0.15) is 0 Å². The summed E-state index contributed by atoms with van der Waals surface area (Å²) in [6.07, 6.45) is 3.13. The monoisotopic (exact) mass is 216 g/mol. The smallest absolute Gasteiger partial charge is 0.226 e. The third kappa shape index (κ3) is 1.10. The number of nitrogens with zero attached hydrogens (tertiary/aromatic N) is 1. The quantitative estimate of drug-likeness (QED) is 0.766. The van der Waals surface area contributed by atoms with Crippen molar-refractivity contribution < 1.29 is 9.21 Å². The molecule has 0 saturated heterocycles. The van der Waals surface area contributed by atoms with E-state index in [0.29, 0.717) is 18.0 Å². The number of oxazole rings is 1. The fourth-order valence-electron chi connectivity index (χ4n) is 2.26. The van der Waals surface area contributed by atoms with Gasteiger partial charge in [-0.05, 0) is 6.42 Å². The van der Waals surface area contributed by atoms with E-state index in [2.05, 4.69) is 9.97 Å². The Morgan fingerprint density at radius 1 is 1.56 bits per heavy atom. The first-order valence-electron chi connectivity index (χ1n) is 5.42. The third-order valence-corrected chi connectivity index (χ3v) is 2.98. The molecule has 4 nitrogen and oxygen atoms in total. The lowest BCUT2D eigenvalue weighted by Crippen LogP contribution is -2.32. The molecule has 82 valence electrons.